The average molecular weight is 294 g/mol. The number of hydrogen-bond acceptors (Lipinski definition) is 3. The fourth-order valence-corrected chi connectivity index (χ4v) is 4.26. The maximum atomic E-state index is 5.93. The Labute approximate surface area is 123 Å². The van der Waals surface area contributed by atoms with Crippen molar-refractivity contribution in [3.8, 4) is 0 Å². The van der Waals surface area contributed by atoms with E-state index in [0.717, 1.165) is 25.3 Å². The standard InChI is InChI=1S/C16H26O3Si/c1-5-14-20(17-3,18-4)19-13-9-12-16-11-8-7-10-15(16)6-2/h6-8,10-11H,2,5,9,12-14H2,1,3-4H3. The smallest absolute Gasteiger partial charge is 0.377 e. The zero-order valence-corrected chi connectivity index (χ0v) is 13.9. The normalized spacial score (nSPS) is 11.6. The van der Waals surface area contributed by atoms with Gasteiger partial charge in [-0.1, -0.05) is 50.3 Å². The molecule has 0 aromatic heterocycles. The summed E-state index contributed by atoms with van der Waals surface area (Å²) in [6.07, 6.45) is 4.84. The van der Waals surface area contributed by atoms with E-state index >= 15 is 0 Å². The highest BCUT2D eigenvalue weighted by molar-refractivity contribution is 6.60. The van der Waals surface area contributed by atoms with E-state index in [9.17, 15) is 0 Å². The van der Waals surface area contributed by atoms with Crippen LogP contribution in [0.25, 0.3) is 6.08 Å². The molecule has 0 atom stereocenters. The van der Waals surface area contributed by atoms with Crippen LogP contribution in [0, 0.1) is 0 Å². The molecule has 0 N–H and O–H groups in total. The second-order valence-electron chi connectivity index (χ2n) is 4.70. The molecule has 1 aromatic carbocycles. The van der Waals surface area contributed by atoms with Crippen LogP contribution in [0.1, 0.15) is 30.9 Å². The quantitative estimate of drug-likeness (QED) is 0.483. The molecule has 0 saturated carbocycles. The largest absolute Gasteiger partial charge is 0.500 e. The number of rotatable bonds is 10. The molecule has 0 spiro atoms. The van der Waals surface area contributed by atoms with Crippen molar-refractivity contribution in [2.75, 3.05) is 20.8 Å². The summed E-state index contributed by atoms with van der Waals surface area (Å²) < 4.78 is 16.9. The Balaban J connectivity index is 2.46. The Morgan fingerprint density at radius 3 is 2.50 bits per heavy atom. The molecule has 20 heavy (non-hydrogen) atoms. The Hall–Kier alpha value is -0.943. The first-order chi connectivity index (χ1) is 9.71. The van der Waals surface area contributed by atoms with Crippen molar-refractivity contribution in [1.82, 2.24) is 0 Å². The van der Waals surface area contributed by atoms with Crippen molar-refractivity contribution < 1.29 is 13.3 Å². The average Bonchev–Trinajstić information content (AvgIpc) is 2.51. The maximum absolute atomic E-state index is 5.93. The fraction of sp³-hybridized carbons (Fsp3) is 0.500. The van der Waals surface area contributed by atoms with Gasteiger partial charge < -0.3 is 13.3 Å². The minimum atomic E-state index is -2.42. The molecule has 0 heterocycles. The molecule has 112 valence electrons. The van der Waals surface area contributed by atoms with Crippen LogP contribution in [-0.2, 0) is 19.7 Å². The molecule has 0 saturated heterocycles. The third-order valence-corrected chi connectivity index (χ3v) is 6.37. The van der Waals surface area contributed by atoms with E-state index < -0.39 is 8.80 Å². The fourth-order valence-electron chi connectivity index (χ4n) is 2.23. The molecule has 1 aromatic rings. The minimum absolute atomic E-state index is 0.666. The summed E-state index contributed by atoms with van der Waals surface area (Å²) >= 11 is 0. The van der Waals surface area contributed by atoms with Gasteiger partial charge in [-0.25, -0.2) is 0 Å². The van der Waals surface area contributed by atoms with Crippen molar-refractivity contribution in [2.45, 2.75) is 32.2 Å². The molecule has 0 amide bonds. The van der Waals surface area contributed by atoms with Crippen molar-refractivity contribution >= 4 is 14.9 Å². The van der Waals surface area contributed by atoms with Gasteiger partial charge in [-0.2, -0.15) is 0 Å². The van der Waals surface area contributed by atoms with E-state index in [0.29, 0.717) is 6.61 Å². The van der Waals surface area contributed by atoms with Crippen LogP contribution in [-0.4, -0.2) is 29.6 Å². The lowest BCUT2D eigenvalue weighted by Crippen LogP contribution is -2.43. The number of aryl methyl sites for hydroxylation is 1. The second kappa shape index (κ2) is 9.08. The van der Waals surface area contributed by atoms with Crippen LogP contribution in [0.3, 0.4) is 0 Å². The highest BCUT2D eigenvalue weighted by Crippen LogP contribution is 2.17. The topological polar surface area (TPSA) is 27.7 Å². The summed E-state index contributed by atoms with van der Waals surface area (Å²) in [5, 5.41) is 0. The predicted octanol–water partition coefficient (Wildman–Crippen LogP) is 3.92. The third-order valence-electron chi connectivity index (χ3n) is 3.37. The molecule has 0 aliphatic heterocycles. The third kappa shape index (κ3) is 4.87. The van der Waals surface area contributed by atoms with E-state index in [2.05, 4.69) is 31.7 Å². The van der Waals surface area contributed by atoms with E-state index in [1.165, 1.54) is 11.1 Å². The van der Waals surface area contributed by atoms with Gasteiger partial charge >= 0.3 is 8.80 Å². The summed E-state index contributed by atoms with van der Waals surface area (Å²) in [4.78, 5) is 0. The Kier molecular flexibility index (Phi) is 7.77. The number of benzene rings is 1. The molecule has 0 aliphatic rings. The summed E-state index contributed by atoms with van der Waals surface area (Å²) in [6, 6.07) is 9.18. The molecule has 0 unspecified atom stereocenters. The van der Waals surface area contributed by atoms with Crippen molar-refractivity contribution in [3.63, 3.8) is 0 Å². The lowest BCUT2D eigenvalue weighted by atomic mass is 10.0. The molecular weight excluding hydrogens is 268 g/mol. The molecule has 0 aliphatic carbocycles. The van der Waals surface area contributed by atoms with Gasteiger partial charge in [-0.3, -0.25) is 0 Å². The van der Waals surface area contributed by atoms with Gasteiger partial charge in [-0.05, 0) is 24.0 Å². The first kappa shape index (κ1) is 17.1. The lowest BCUT2D eigenvalue weighted by molar-refractivity contribution is 0.0969. The van der Waals surface area contributed by atoms with Crippen LogP contribution in [0.4, 0.5) is 0 Å². The number of hydrogen-bond donors (Lipinski definition) is 0. The van der Waals surface area contributed by atoms with E-state index in [1.807, 2.05) is 12.1 Å². The maximum Gasteiger partial charge on any atom is 0.500 e. The molecule has 4 heteroatoms. The molecule has 0 bridgehead atoms. The van der Waals surface area contributed by atoms with E-state index in [4.69, 9.17) is 13.3 Å². The van der Waals surface area contributed by atoms with Gasteiger partial charge in [-0.15, -0.1) is 0 Å². The predicted molar refractivity (Wildman–Crippen MR) is 85.7 cm³/mol. The molecule has 0 fully saturated rings. The van der Waals surface area contributed by atoms with Gasteiger partial charge in [0.2, 0.25) is 0 Å². The Morgan fingerprint density at radius 1 is 1.20 bits per heavy atom. The van der Waals surface area contributed by atoms with Crippen molar-refractivity contribution in [2.24, 2.45) is 0 Å². The summed E-state index contributed by atoms with van der Waals surface area (Å²) in [5.41, 5.74) is 2.51. The van der Waals surface area contributed by atoms with Crippen LogP contribution in [0.15, 0.2) is 30.8 Å². The van der Waals surface area contributed by atoms with E-state index in [1.54, 1.807) is 14.2 Å². The first-order valence-electron chi connectivity index (χ1n) is 7.16. The molecular formula is C16H26O3Si. The van der Waals surface area contributed by atoms with Crippen LogP contribution < -0.4 is 0 Å². The van der Waals surface area contributed by atoms with Gasteiger partial charge in [0, 0.05) is 26.9 Å². The lowest BCUT2D eigenvalue weighted by Gasteiger charge is -2.26. The van der Waals surface area contributed by atoms with Gasteiger partial charge in [0.05, 0.1) is 0 Å². The van der Waals surface area contributed by atoms with Gasteiger partial charge in [0.1, 0.15) is 0 Å². The SMILES string of the molecule is C=Cc1ccccc1CCCO[Si](CCC)(OC)OC. The first-order valence-corrected chi connectivity index (χ1v) is 9.09. The molecule has 1 rings (SSSR count). The van der Waals surface area contributed by atoms with Crippen LogP contribution in [0.5, 0.6) is 0 Å². The van der Waals surface area contributed by atoms with Crippen molar-refractivity contribution in [1.29, 1.82) is 0 Å². The zero-order chi connectivity index (χ0) is 14.8. The highest BCUT2D eigenvalue weighted by atomic mass is 28.4. The van der Waals surface area contributed by atoms with Gasteiger partial charge in [0.25, 0.3) is 0 Å². The summed E-state index contributed by atoms with van der Waals surface area (Å²) in [5.74, 6) is 0. The Bertz CT molecular complexity index is 402. The second-order valence-corrected chi connectivity index (χ2v) is 7.67. The van der Waals surface area contributed by atoms with Crippen LogP contribution >= 0.6 is 0 Å². The van der Waals surface area contributed by atoms with E-state index in [-0.39, 0.29) is 0 Å². The zero-order valence-electron chi connectivity index (χ0n) is 12.9. The summed E-state index contributed by atoms with van der Waals surface area (Å²) in [7, 11) is 0.934. The summed E-state index contributed by atoms with van der Waals surface area (Å²) in [6.45, 7) is 6.63. The van der Waals surface area contributed by atoms with Gasteiger partial charge in [0.15, 0.2) is 0 Å². The van der Waals surface area contributed by atoms with Crippen molar-refractivity contribution in [3.05, 3.63) is 42.0 Å². The highest BCUT2D eigenvalue weighted by Gasteiger charge is 2.37. The Morgan fingerprint density at radius 2 is 1.90 bits per heavy atom. The van der Waals surface area contributed by atoms with Crippen LogP contribution in [0.2, 0.25) is 6.04 Å². The minimum Gasteiger partial charge on any atom is -0.377 e. The monoisotopic (exact) mass is 294 g/mol. The molecule has 0 radical (unpaired) electrons. The molecule has 3 nitrogen and oxygen atoms in total.